The summed E-state index contributed by atoms with van der Waals surface area (Å²) in [5.74, 6) is 0. The van der Waals surface area contributed by atoms with Gasteiger partial charge in [0.25, 0.3) is 0 Å². The van der Waals surface area contributed by atoms with Crippen molar-refractivity contribution in [3.63, 3.8) is 0 Å². The largest absolute Gasteiger partial charge is 0.373 e. The van der Waals surface area contributed by atoms with E-state index in [0.717, 1.165) is 31.5 Å². The zero-order valence-corrected chi connectivity index (χ0v) is 9.97. The molecule has 2 N–H and O–H groups in total. The van der Waals surface area contributed by atoms with Crippen LogP contribution in [-0.2, 0) is 11.3 Å². The van der Waals surface area contributed by atoms with E-state index in [1.165, 1.54) is 0 Å². The van der Waals surface area contributed by atoms with Crippen molar-refractivity contribution in [2.75, 3.05) is 0 Å². The van der Waals surface area contributed by atoms with Crippen LogP contribution in [0.15, 0.2) is 6.20 Å². The quantitative estimate of drug-likeness (QED) is 0.836. The Morgan fingerprint density at radius 3 is 3.06 bits per heavy atom. The van der Waals surface area contributed by atoms with Crippen LogP contribution in [0.25, 0.3) is 0 Å². The molecular weight excluding hydrogens is 204 g/mol. The van der Waals surface area contributed by atoms with E-state index in [1.54, 1.807) is 0 Å². The second-order valence-corrected chi connectivity index (χ2v) is 4.53. The molecule has 0 saturated carbocycles. The van der Waals surface area contributed by atoms with Crippen LogP contribution in [-0.4, -0.2) is 27.2 Å². The summed E-state index contributed by atoms with van der Waals surface area (Å²) in [6.45, 7) is 4.94. The van der Waals surface area contributed by atoms with Crippen LogP contribution in [0, 0.1) is 0 Å². The fraction of sp³-hybridized carbons (Fsp3) is 0.818. The van der Waals surface area contributed by atoms with Gasteiger partial charge in [0.15, 0.2) is 0 Å². The van der Waals surface area contributed by atoms with Gasteiger partial charge in [0.1, 0.15) is 0 Å². The zero-order chi connectivity index (χ0) is 11.5. The highest BCUT2D eigenvalue weighted by Gasteiger charge is 2.22. The number of nitrogens with two attached hydrogens (primary N) is 1. The molecule has 1 fully saturated rings. The lowest BCUT2D eigenvalue weighted by Crippen LogP contribution is -2.17. The first-order valence-electron chi connectivity index (χ1n) is 6.00. The van der Waals surface area contributed by atoms with Crippen LogP contribution in [0.1, 0.15) is 44.8 Å². The standard InChI is InChI=1S/C11H20N4O/c1-3-10(12)11-7-15(14-13-11)6-9-5-4-8(2)16-9/h7-10H,3-6,12H2,1-2H3. The second kappa shape index (κ2) is 4.93. The fourth-order valence-corrected chi connectivity index (χ4v) is 2.01. The van der Waals surface area contributed by atoms with Crippen LogP contribution in [0.2, 0.25) is 0 Å². The van der Waals surface area contributed by atoms with Crippen LogP contribution in [0.4, 0.5) is 0 Å². The maximum atomic E-state index is 5.89. The molecular formula is C11H20N4O. The lowest BCUT2D eigenvalue weighted by atomic mass is 10.2. The monoisotopic (exact) mass is 224 g/mol. The Balaban J connectivity index is 1.92. The van der Waals surface area contributed by atoms with Gasteiger partial charge in [-0.05, 0) is 26.2 Å². The molecule has 1 saturated heterocycles. The molecule has 16 heavy (non-hydrogen) atoms. The Kier molecular flexibility index (Phi) is 3.56. The van der Waals surface area contributed by atoms with E-state index in [0.29, 0.717) is 6.10 Å². The highest BCUT2D eigenvalue weighted by molar-refractivity contribution is 4.99. The van der Waals surface area contributed by atoms with Gasteiger partial charge in [-0.25, -0.2) is 4.68 Å². The molecule has 90 valence electrons. The van der Waals surface area contributed by atoms with Crippen LogP contribution >= 0.6 is 0 Å². The normalized spacial score (nSPS) is 27.2. The maximum Gasteiger partial charge on any atom is 0.0994 e. The first kappa shape index (κ1) is 11.5. The number of hydrogen-bond acceptors (Lipinski definition) is 4. The predicted octanol–water partition coefficient (Wildman–Crippen LogP) is 1.26. The van der Waals surface area contributed by atoms with Crippen molar-refractivity contribution in [3.8, 4) is 0 Å². The minimum Gasteiger partial charge on any atom is -0.373 e. The molecule has 5 nitrogen and oxygen atoms in total. The highest BCUT2D eigenvalue weighted by atomic mass is 16.5. The van der Waals surface area contributed by atoms with Crippen LogP contribution in [0.5, 0.6) is 0 Å². The van der Waals surface area contributed by atoms with Gasteiger partial charge in [-0.15, -0.1) is 5.10 Å². The Morgan fingerprint density at radius 1 is 1.62 bits per heavy atom. The van der Waals surface area contributed by atoms with E-state index in [2.05, 4.69) is 17.2 Å². The predicted molar refractivity (Wildman–Crippen MR) is 60.8 cm³/mol. The molecule has 3 unspecified atom stereocenters. The first-order valence-corrected chi connectivity index (χ1v) is 6.00. The van der Waals surface area contributed by atoms with Gasteiger partial charge < -0.3 is 10.5 Å². The van der Waals surface area contributed by atoms with E-state index in [-0.39, 0.29) is 12.1 Å². The first-order chi connectivity index (χ1) is 7.69. The summed E-state index contributed by atoms with van der Waals surface area (Å²) < 4.78 is 7.58. The van der Waals surface area contributed by atoms with Crippen molar-refractivity contribution in [1.29, 1.82) is 0 Å². The average molecular weight is 224 g/mol. The fourth-order valence-electron chi connectivity index (χ4n) is 2.01. The lowest BCUT2D eigenvalue weighted by molar-refractivity contribution is 0.0434. The average Bonchev–Trinajstić information content (AvgIpc) is 2.87. The van der Waals surface area contributed by atoms with Crippen molar-refractivity contribution in [3.05, 3.63) is 11.9 Å². The maximum absolute atomic E-state index is 5.89. The van der Waals surface area contributed by atoms with E-state index in [9.17, 15) is 0 Å². The van der Waals surface area contributed by atoms with Gasteiger partial charge >= 0.3 is 0 Å². The second-order valence-electron chi connectivity index (χ2n) is 4.53. The molecule has 0 aliphatic carbocycles. The van der Waals surface area contributed by atoms with Crippen LogP contribution in [0.3, 0.4) is 0 Å². The topological polar surface area (TPSA) is 66.0 Å². The van der Waals surface area contributed by atoms with E-state index in [4.69, 9.17) is 10.5 Å². The molecule has 2 heterocycles. The summed E-state index contributed by atoms with van der Waals surface area (Å²) in [5, 5.41) is 8.16. The van der Waals surface area contributed by atoms with Gasteiger partial charge in [-0.1, -0.05) is 12.1 Å². The van der Waals surface area contributed by atoms with E-state index in [1.807, 2.05) is 17.8 Å². The molecule has 1 aliphatic heterocycles. The third-order valence-electron chi connectivity index (χ3n) is 3.09. The number of rotatable bonds is 4. The molecule has 0 bridgehead atoms. The van der Waals surface area contributed by atoms with Crippen LogP contribution < -0.4 is 5.73 Å². The SMILES string of the molecule is CCC(N)c1cn(CC2CCC(C)O2)nn1. The summed E-state index contributed by atoms with van der Waals surface area (Å²) in [6, 6.07) is -0.00262. The molecule has 1 aliphatic rings. The van der Waals surface area contributed by atoms with Crippen molar-refractivity contribution >= 4 is 0 Å². The highest BCUT2D eigenvalue weighted by Crippen LogP contribution is 2.20. The molecule has 1 aromatic rings. The summed E-state index contributed by atoms with van der Waals surface area (Å²) in [4.78, 5) is 0. The van der Waals surface area contributed by atoms with Gasteiger partial charge in [-0.3, -0.25) is 0 Å². The Hall–Kier alpha value is -0.940. The van der Waals surface area contributed by atoms with Crippen molar-refractivity contribution in [2.45, 2.75) is 57.9 Å². The van der Waals surface area contributed by atoms with Gasteiger partial charge in [0.2, 0.25) is 0 Å². The third kappa shape index (κ3) is 2.59. The summed E-state index contributed by atoms with van der Waals surface area (Å²) in [6.07, 6.45) is 5.72. The van der Waals surface area contributed by atoms with Crippen molar-refractivity contribution in [1.82, 2.24) is 15.0 Å². The molecule has 3 atom stereocenters. The van der Waals surface area contributed by atoms with E-state index < -0.39 is 0 Å². The molecule has 0 amide bonds. The van der Waals surface area contributed by atoms with E-state index >= 15 is 0 Å². The Bertz CT molecular complexity index is 338. The molecule has 5 heteroatoms. The molecule has 0 aromatic carbocycles. The zero-order valence-electron chi connectivity index (χ0n) is 9.97. The smallest absolute Gasteiger partial charge is 0.0994 e. The lowest BCUT2D eigenvalue weighted by Gasteiger charge is -2.10. The summed E-state index contributed by atoms with van der Waals surface area (Å²) in [5.41, 5.74) is 6.76. The number of nitrogens with zero attached hydrogens (tertiary/aromatic N) is 3. The molecule has 0 radical (unpaired) electrons. The Morgan fingerprint density at radius 2 is 2.44 bits per heavy atom. The number of aromatic nitrogens is 3. The number of ether oxygens (including phenoxy) is 1. The molecule has 1 aromatic heterocycles. The minimum atomic E-state index is -0.00262. The summed E-state index contributed by atoms with van der Waals surface area (Å²) in [7, 11) is 0. The number of hydrogen-bond donors (Lipinski definition) is 1. The van der Waals surface area contributed by atoms with Crippen molar-refractivity contribution < 1.29 is 4.74 Å². The van der Waals surface area contributed by atoms with Gasteiger partial charge in [0.05, 0.1) is 36.7 Å². The van der Waals surface area contributed by atoms with Gasteiger partial charge in [0, 0.05) is 0 Å². The van der Waals surface area contributed by atoms with Gasteiger partial charge in [-0.2, -0.15) is 0 Å². The molecule has 0 spiro atoms. The third-order valence-corrected chi connectivity index (χ3v) is 3.09. The van der Waals surface area contributed by atoms with Crippen molar-refractivity contribution in [2.24, 2.45) is 5.73 Å². The minimum absolute atomic E-state index is 0.00262. The molecule has 2 rings (SSSR count). The Labute approximate surface area is 96.0 Å². The summed E-state index contributed by atoms with van der Waals surface area (Å²) >= 11 is 0.